The minimum absolute atomic E-state index is 0. The maximum atomic E-state index is 13.1. The Hall–Kier alpha value is -1.84. The maximum Gasteiger partial charge on any atom is 0.224 e. The van der Waals surface area contributed by atoms with Crippen molar-refractivity contribution in [3.63, 3.8) is 0 Å². The quantitative estimate of drug-likeness (QED) is 0.265. The fourth-order valence-electron chi connectivity index (χ4n) is 3.54. The number of carbonyl (C=O) groups excluding carboxylic acids is 1. The van der Waals surface area contributed by atoms with Crippen LogP contribution in [0.4, 0.5) is 10.1 Å². The Kier molecular flexibility index (Phi) is 9.69. The first-order valence-electron chi connectivity index (χ1n) is 10.1. The third kappa shape index (κ3) is 7.17. The lowest BCUT2D eigenvalue weighted by Gasteiger charge is -2.36. The number of aliphatic imine (C=N–C) groups is 1. The summed E-state index contributed by atoms with van der Waals surface area (Å²) in [6, 6.07) is 6.92. The van der Waals surface area contributed by atoms with E-state index in [0.29, 0.717) is 32.1 Å². The minimum Gasteiger partial charge on any atom is -0.368 e. The Bertz CT molecular complexity index is 694. The molecule has 1 aliphatic heterocycles. The Morgan fingerprint density at radius 2 is 1.79 bits per heavy atom. The Morgan fingerprint density at radius 1 is 1.14 bits per heavy atom. The maximum absolute atomic E-state index is 13.1. The summed E-state index contributed by atoms with van der Waals surface area (Å²) < 4.78 is 13.1. The van der Waals surface area contributed by atoms with Crippen LogP contribution < -0.4 is 15.5 Å². The zero-order chi connectivity index (χ0) is 19.8. The molecule has 2 aliphatic rings. The smallest absolute Gasteiger partial charge is 0.224 e. The van der Waals surface area contributed by atoms with Crippen LogP contribution in [0.3, 0.4) is 0 Å². The number of rotatable bonds is 6. The van der Waals surface area contributed by atoms with Crippen molar-refractivity contribution in [2.24, 2.45) is 4.99 Å². The summed E-state index contributed by atoms with van der Waals surface area (Å²) >= 11 is 0. The van der Waals surface area contributed by atoms with Crippen LogP contribution in [0.25, 0.3) is 0 Å². The number of hydrogen-bond acceptors (Lipinski definition) is 3. The van der Waals surface area contributed by atoms with Crippen molar-refractivity contribution in [2.45, 2.75) is 32.2 Å². The number of hydrogen-bond donors (Lipinski definition) is 2. The highest BCUT2D eigenvalue weighted by molar-refractivity contribution is 14.0. The molecule has 0 atom stereocenters. The van der Waals surface area contributed by atoms with Crippen LogP contribution in [0.5, 0.6) is 0 Å². The average molecular weight is 515 g/mol. The van der Waals surface area contributed by atoms with Crippen molar-refractivity contribution in [3.05, 3.63) is 42.2 Å². The van der Waals surface area contributed by atoms with Crippen LogP contribution in [0.1, 0.15) is 26.2 Å². The van der Waals surface area contributed by atoms with E-state index in [0.717, 1.165) is 44.1 Å². The summed E-state index contributed by atoms with van der Waals surface area (Å²) in [5.74, 6) is 0.694. The number of halogens is 2. The van der Waals surface area contributed by atoms with E-state index in [4.69, 9.17) is 0 Å². The predicted molar refractivity (Wildman–Crippen MR) is 127 cm³/mol. The van der Waals surface area contributed by atoms with E-state index in [1.165, 1.54) is 12.1 Å². The van der Waals surface area contributed by atoms with Gasteiger partial charge in [-0.2, -0.15) is 0 Å². The molecule has 2 N–H and O–H groups in total. The molecule has 1 fully saturated rings. The molecule has 0 spiro atoms. The van der Waals surface area contributed by atoms with Crippen LogP contribution >= 0.6 is 24.0 Å². The first kappa shape index (κ1) is 23.4. The summed E-state index contributed by atoms with van der Waals surface area (Å²) in [5, 5.41) is 6.66. The number of anilines is 1. The number of piperazine rings is 1. The summed E-state index contributed by atoms with van der Waals surface area (Å²) in [6.07, 6.45) is 6.80. The van der Waals surface area contributed by atoms with Crippen molar-refractivity contribution in [3.8, 4) is 0 Å². The van der Waals surface area contributed by atoms with E-state index < -0.39 is 0 Å². The van der Waals surface area contributed by atoms with Gasteiger partial charge in [0, 0.05) is 50.9 Å². The molecule has 1 amide bonds. The molecule has 160 valence electrons. The van der Waals surface area contributed by atoms with Crippen LogP contribution in [-0.2, 0) is 4.79 Å². The van der Waals surface area contributed by atoms with Gasteiger partial charge in [0.15, 0.2) is 5.96 Å². The topological polar surface area (TPSA) is 60.0 Å². The SMILES string of the molecule is CCNC(=NCCC(=O)N1CCN(c2ccc(F)cc2)CC1)NC1CC=CC1.I. The number of guanidine groups is 1. The first-order valence-corrected chi connectivity index (χ1v) is 10.1. The molecule has 1 aromatic carbocycles. The summed E-state index contributed by atoms with van der Waals surface area (Å²) in [6.45, 7) is 6.21. The Morgan fingerprint density at radius 3 is 2.41 bits per heavy atom. The standard InChI is InChI=1S/C21H30FN5O.HI/c1-2-23-21(25-18-5-3-4-6-18)24-12-11-20(28)27-15-13-26(14-16-27)19-9-7-17(22)8-10-19;/h3-4,7-10,18H,2,5-6,11-16H2,1H3,(H2,23,24,25);1H. The number of nitrogens with one attached hydrogen (secondary N) is 2. The third-order valence-electron chi connectivity index (χ3n) is 5.11. The van der Waals surface area contributed by atoms with Gasteiger partial charge >= 0.3 is 0 Å². The molecule has 29 heavy (non-hydrogen) atoms. The molecule has 1 aromatic rings. The number of benzene rings is 1. The van der Waals surface area contributed by atoms with Crippen molar-refractivity contribution in [1.82, 2.24) is 15.5 Å². The molecule has 8 heteroatoms. The highest BCUT2D eigenvalue weighted by atomic mass is 127. The van der Waals surface area contributed by atoms with E-state index in [1.54, 1.807) is 12.1 Å². The van der Waals surface area contributed by atoms with Crippen LogP contribution in [-0.4, -0.2) is 62.1 Å². The molecular weight excluding hydrogens is 484 g/mol. The lowest BCUT2D eigenvalue weighted by atomic mass is 10.2. The fourth-order valence-corrected chi connectivity index (χ4v) is 3.54. The Balaban J connectivity index is 0.00000300. The molecule has 0 aromatic heterocycles. The average Bonchev–Trinajstić information content (AvgIpc) is 3.22. The van der Waals surface area contributed by atoms with Gasteiger partial charge in [0.25, 0.3) is 0 Å². The van der Waals surface area contributed by atoms with Gasteiger partial charge < -0.3 is 20.4 Å². The second-order valence-corrected chi connectivity index (χ2v) is 7.14. The molecule has 1 aliphatic carbocycles. The summed E-state index contributed by atoms with van der Waals surface area (Å²) in [5.41, 5.74) is 1.00. The molecule has 1 heterocycles. The van der Waals surface area contributed by atoms with Gasteiger partial charge in [-0.05, 0) is 44.0 Å². The lowest BCUT2D eigenvalue weighted by Crippen LogP contribution is -2.49. The van der Waals surface area contributed by atoms with Gasteiger partial charge in [0.2, 0.25) is 5.91 Å². The van der Waals surface area contributed by atoms with E-state index >= 15 is 0 Å². The summed E-state index contributed by atoms with van der Waals surface area (Å²) in [4.78, 5) is 21.1. The molecule has 0 bridgehead atoms. The van der Waals surface area contributed by atoms with Crippen molar-refractivity contribution < 1.29 is 9.18 Å². The predicted octanol–water partition coefficient (Wildman–Crippen LogP) is 2.76. The van der Waals surface area contributed by atoms with Gasteiger partial charge in [-0.1, -0.05) is 12.2 Å². The largest absolute Gasteiger partial charge is 0.368 e. The molecular formula is C21H31FIN5O. The summed E-state index contributed by atoms with van der Waals surface area (Å²) in [7, 11) is 0. The van der Waals surface area contributed by atoms with Crippen LogP contribution in [0.15, 0.2) is 41.4 Å². The van der Waals surface area contributed by atoms with Crippen molar-refractivity contribution in [2.75, 3.05) is 44.2 Å². The van der Waals surface area contributed by atoms with E-state index in [9.17, 15) is 9.18 Å². The van der Waals surface area contributed by atoms with Crippen LogP contribution in [0.2, 0.25) is 0 Å². The monoisotopic (exact) mass is 515 g/mol. The molecule has 0 saturated carbocycles. The lowest BCUT2D eigenvalue weighted by molar-refractivity contribution is -0.131. The number of carbonyl (C=O) groups is 1. The zero-order valence-electron chi connectivity index (χ0n) is 16.9. The van der Waals surface area contributed by atoms with Gasteiger partial charge in [0.1, 0.15) is 5.82 Å². The van der Waals surface area contributed by atoms with E-state index in [1.807, 2.05) is 11.8 Å². The highest BCUT2D eigenvalue weighted by Crippen LogP contribution is 2.17. The Labute approximate surface area is 189 Å². The fraction of sp³-hybridized carbons (Fsp3) is 0.524. The number of amides is 1. The van der Waals surface area contributed by atoms with E-state index in [-0.39, 0.29) is 35.7 Å². The minimum atomic E-state index is -0.228. The number of nitrogens with zero attached hydrogens (tertiary/aromatic N) is 3. The third-order valence-corrected chi connectivity index (χ3v) is 5.11. The molecule has 0 radical (unpaired) electrons. The second kappa shape index (κ2) is 12.0. The molecule has 6 nitrogen and oxygen atoms in total. The molecule has 0 unspecified atom stereocenters. The first-order chi connectivity index (χ1) is 13.7. The molecule has 1 saturated heterocycles. The van der Waals surface area contributed by atoms with Gasteiger partial charge in [-0.25, -0.2) is 4.39 Å². The highest BCUT2D eigenvalue weighted by Gasteiger charge is 2.21. The molecule has 3 rings (SSSR count). The van der Waals surface area contributed by atoms with Crippen molar-refractivity contribution >= 4 is 41.5 Å². The van der Waals surface area contributed by atoms with Gasteiger partial charge in [0.05, 0.1) is 6.54 Å². The van der Waals surface area contributed by atoms with Crippen LogP contribution in [0, 0.1) is 5.82 Å². The zero-order valence-corrected chi connectivity index (χ0v) is 19.3. The second-order valence-electron chi connectivity index (χ2n) is 7.14. The van der Waals surface area contributed by atoms with Gasteiger partial charge in [-0.15, -0.1) is 24.0 Å². The van der Waals surface area contributed by atoms with Crippen molar-refractivity contribution in [1.29, 1.82) is 0 Å². The normalized spacial score (nSPS) is 17.2. The van der Waals surface area contributed by atoms with Gasteiger partial charge in [-0.3, -0.25) is 9.79 Å². The van der Waals surface area contributed by atoms with E-state index in [2.05, 4.69) is 32.7 Å².